The smallest absolute Gasteiger partial charge is 0.226 e. The molecule has 1 amide bonds. The lowest BCUT2D eigenvalue weighted by atomic mass is 9.96. The standard InChI is InChI=1S/C16H19N7OS/c1-9-15(10(2)19-18-9)16(24)17-7-14-21-20-13-4-3-12(22-23(13)14)11-5-6-25-8-11/h3-6,8-10,15,18-19H,7H2,1-2H3,(H,17,24). The van der Waals surface area contributed by atoms with Crippen LogP contribution in [0.3, 0.4) is 0 Å². The molecular formula is C16H19N7OS. The summed E-state index contributed by atoms with van der Waals surface area (Å²) in [4.78, 5) is 12.5. The fraction of sp³-hybridized carbons (Fsp3) is 0.375. The lowest BCUT2D eigenvalue weighted by Gasteiger charge is -2.16. The molecular weight excluding hydrogens is 338 g/mol. The Morgan fingerprint density at radius 2 is 2.04 bits per heavy atom. The predicted molar refractivity (Wildman–Crippen MR) is 94.6 cm³/mol. The van der Waals surface area contributed by atoms with Gasteiger partial charge >= 0.3 is 0 Å². The highest BCUT2D eigenvalue weighted by Gasteiger charge is 2.35. The third-order valence-corrected chi connectivity index (χ3v) is 5.17. The average molecular weight is 357 g/mol. The SMILES string of the molecule is CC1NNC(C)C1C(=O)NCc1nnc2ccc(-c3ccsc3)nn12. The highest BCUT2D eigenvalue weighted by atomic mass is 32.1. The maximum Gasteiger partial charge on any atom is 0.226 e. The van der Waals surface area contributed by atoms with E-state index in [0.717, 1.165) is 11.3 Å². The van der Waals surface area contributed by atoms with E-state index in [1.165, 1.54) is 0 Å². The molecule has 2 atom stereocenters. The monoisotopic (exact) mass is 357 g/mol. The number of rotatable bonds is 4. The second-order valence-corrected chi connectivity index (χ2v) is 7.01. The van der Waals surface area contributed by atoms with Gasteiger partial charge in [-0.15, -0.1) is 10.2 Å². The Balaban J connectivity index is 1.53. The van der Waals surface area contributed by atoms with Crippen LogP contribution in [0.4, 0.5) is 0 Å². The molecule has 25 heavy (non-hydrogen) atoms. The van der Waals surface area contributed by atoms with Crippen LogP contribution in [0.1, 0.15) is 19.7 Å². The van der Waals surface area contributed by atoms with Gasteiger partial charge < -0.3 is 5.32 Å². The Kier molecular flexibility index (Phi) is 4.20. The largest absolute Gasteiger partial charge is 0.348 e. The van der Waals surface area contributed by atoms with Crippen LogP contribution in [-0.2, 0) is 11.3 Å². The minimum absolute atomic E-state index is 0.0109. The Bertz CT molecular complexity index is 881. The molecule has 0 aromatic carbocycles. The summed E-state index contributed by atoms with van der Waals surface area (Å²) < 4.78 is 1.69. The molecule has 1 aliphatic heterocycles. The molecule has 0 bridgehead atoms. The van der Waals surface area contributed by atoms with E-state index in [4.69, 9.17) is 0 Å². The van der Waals surface area contributed by atoms with Crippen LogP contribution >= 0.6 is 11.3 Å². The Hall–Kier alpha value is -2.36. The van der Waals surface area contributed by atoms with E-state index in [2.05, 4.69) is 31.5 Å². The molecule has 2 unspecified atom stereocenters. The lowest BCUT2D eigenvalue weighted by molar-refractivity contribution is -0.125. The molecule has 9 heteroatoms. The van der Waals surface area contributed by atoms with Gasteiger partial charge in [-0.1, -0.05) is 0 Å². The van der Waals surface area contributed by atoms with E-state index in [1.54, 1.807) is 15.9 Å². The van der Waals surface area contributed by atoms with Crippen molar-refractivity contribution in [2.75, 3.05) is 0 Å². The Morgan fingerprint density at radius 1 is 1.24 bits per heavy atom. The maximum absolute atomic E-state index is 12.5. The minimum Gasteiger partial charge on any atom is -0.348 e. The number of aromatic nitrogens is 4. The summed E-state index contributed by atoms with van der Waals surface area (Å²) in [5.41, 5.74) is 8.75. The number of fused-ring (bicyclic) bond motifs is 1. The van der Waals surface area contributed by atoms with Crippen LogP contribution in [0.5, 0.6) is 0 Å². The number of carbonyl (C=O) groups excluding carboxylic acids is 1. The summed E-state index contributed by atoms with van der Waals surface area (Å²) in [7, 11) is 0. The molecule has 1 fully saturated rings. The zero-order chi connectivity index (χ0) is 17.4. The number of carbonyl (C=O) groups is 1. The zero-order valence-electron chi connectivity index (χ0n) is 13.9. The molecule has 0 aliphatic carbocycles. The number of hydrogen-bond acceptors (Lipinski definition) is 7. The van der Waals surface area contributed by atoms with Crippen molar-refractivity contribution in [3.63, 3.8) is 0 Å². The first-order valence-electron chi connectivity index (χ1n) is 8.16. The fourth-order valence-electron chi connectivity index (χ4n) is 3.12. The van der Waals surface area contributed by atoms with Crippen LogP contribution in [0.25, 0.3) is 16.9 Å². The molecule has 130 valence electrons. The van der Waals surface area contributed by atoms with Gasteiger partial charge in [0.2, 0.25) is 5.91 Å². The van der Waals surface area contributed by atoms with E-state index >= 15 is 0 Å². The highest BCUT2D eigenvalue weighted by molar-refractivity contribution is 7.08. The van der Waals surface area contributed by atoms with Crippen molar-refractivity contribution in [2.45, 2.75) is 32.5 Å². The number of nitrogens with zero attached hydrogens (tertiary/aromatic N) is 4. The average Bonchev–Trinajstić information content (AvgIpc) is 3.33. The van der Waals surface area contributed by atoms with Gasteiger partial charge in [-0.05, 0) is 37.4 Å². The highest BCUT2D eigenvalue weighted by Crippen LogP contribution is 2.20. The molecule has 4 rings (SSSR count). The Labute approximate surface area is 148 Å². The quantitative estimate of drug-likeness (QED) is 0.644. The second-order valence-electron chi connectivity index (χ2n) is 6.23. The van der Waals surface area contributed by atoms with Crippen molar-refractivity contribution in [1.82, 2.24) is 36.0 Å². The summed E-state index contributed by atoms with van der Waals surface area (Å²) in [6.45, 7) is 4.26. The molecule has 3 aromatic rings. The van der Waals surface area contributed by atoms with E-state index < -0.39 is 0 Å². The number of nitrogens with one attached hydrogen (secondary N) is 3. The van der Waals surface area contributed by atoms with Crippen molar-refractivity contribution >= 4 is 22.9 Å². The molecule has 4 heterocycles. The molecule has 3 aromatic heterocycles. The van der Waals surface area contributed by atoms with Crippen molar-refractivity contribution in [3.8, 4) is 11.3 Å². The zero-order valence-corrected chi connectivity index (χ0v) is 14.7. The van der Waals surface area contributed by atoms with E-state index in [-0.39, 0.29) is 30.5 Å². The molecule has 8 nitrogen and oxygen atoms in total. The number of amides is 1. The number of thiophene rings is 1. The van der Waals surface area contributed by atoms with Crippen molar-refractivity contribution in [1.29, 1.82) is 0 Å². The van der Waals surface area contributed by atoms with Gasteiger partial charge in [0.05, 0.1) is 18.2 Å². The van der Waals surface area contributed by atoms with E-state index in [0.29, 0.717) is 11.5 Å². The van der Waals surface area contributed by atoms with Crippen LogP contribution in [0, 0.1) is 5.92 Å². The number of hydrazine groups is 1. The normalized spacial score (nSPS) is 23.2. The Morgan fingerprint density at radius 3 is 2.76 bits per heavy atom. The maximum atomic E-state index is 12.5. The van der Waals surface area contributed by atoms with Crippen LogP contribution < -0.4 is 16.2 Å². The molecule has 0 spiro atoms. The van der Waals surface area contributed by atoms with Gasteiger partial charge in [0.15, 0.2) is 11.5 Å². The van der Waals surface area contributed by atoms with Crippen LogP contribution in [0.15, 0.2) is 29.0 Å². The number of hydrogen-bond donors (Lipinski definition) is 3. The summed E-state index contributed by atoms with van der Waals surface area (Å²) in [6, 6.07) is 5.98. The van der Waals surface area contributed by atoms with Crippen molar-refractivity contribution < 1.29 is 4.79 Å². The summed E-state index contributed by atoms with van der Waals surface area (Å²) >= 11 is 1.63. The first-order valence-corrected chi connectivity index (χ1v) is 9.10. The van der Waals surface area contributed by atoms with E-state index in [1.807, 2.05) is 42.8 Å². The van der Waals surface area contributed by atoms with Gasteiger partial charge in [-0.2, -0.15) is 21.0 Å². The van der Waals surface area contributed by atoms with Gasteiger partial charge in [0.25, 0.3) is 0 Å². The summed E-state index contributed by atoms with van der Waals surface area (Å²) in [5, 5.41) is 19.9. The van der Waals surface area contributed by atoms with Crippen molar-refractivity contribution in [3.05, 3.63) is 34.8 Å². The molecule has 0 radical (unpaired) electrons. The summed E-state index contributed by atoms with van der Waals surface area (Å²) in [6.07, 6.45) is 0. The topological polar surface area (TPSA) is 96.2 Å². The van der Waals surface area contributed by atoms with E-state index in [9.17, 15) is 4.79 Å². The first-order chi connectivity index (χ1) is 12.1. The van der Waals surface area contributed by atoms with Gasteiger partial charge in [0.1, 0.15) is 0 Å². The van der Waals surface area contributed by atoms with Gasteiger partial charge in [0, 0.05) is 23.0 Å². The fourth-order valence-corrected chi connectivity index (χ4v) is 3.77. The second kappa shape index (κ2) is 6.51. The van der Waals surface area contributed by atoms with Gasteiger partial charge in [-0.3, -0.25) is 15.6 Å². The third-order valence-electron chi connectivity index (χ3n) is 4.48. The minimum atomic E-state index is -0.131. The first kappa shape index (κ1) is 16.1. The van der Waals surface area contributed by atoms with Crippen LogP contribution in [0.2, 0.25) is 0 Å². The molecule has 1 aliphatic rings. The third kappa shape index (κ3) is 3.01. The molecule has 3 N–H and O–H groups in total. The van der Waals surface area contributed by atoms with Crippen LogP contribution in [-0.4, -0.2) is 37.8 Å². The molecule has 0 saturated carbocycles. The lowest BCUT2D eigenvalue weighted by Crippen LogP contribution is -2.40. The van der Waals surface area contributed by atoms with Crippen molar-refractivity contribution in [2.24, 2.45) is 5.92 Å². The summed E-state index contributed by atoms with van der Waals surface area (Å²) in [5.74, 6) is 0.469. The van der Waals surface area contributed by atoms with Gasteiger partial charge in [-0.25, -0.2) is 0 Å². The molecule has 1 saturated heterocycles. The predicted octanol–water partition coefficient (Wildman–Crippen LogP) is 0.970.